The lowest BCUT2D eigenvalue weighted by atomic mass is 10.1. The van der Waals surface area contributed by atoms with Gasteiger partial charge >= 0.3 is 0 Å². The maximum atomic E-state index is 14.5. The zero-order valence-electron chi connectivity index (χ0n) is 18.1. The van der Waals surface area contributed by atoms with E-state index in [9.17, 15) is 13.4 Å². The lowest BCUT2D eigenvalue weighted by molar-refractivity contribution is 0.100. The van der Waals surface area contributed by atoms with Crippen LogP contribution in [-0.4, -0.2) is 58.3 Å². The maximum absolute atomic E-state index is 14.5. The van der Waals surface area contributed by atoms with Crippen molar-refractivity contribution in [3.05, 3.63) is 53.8 Å². The molecule has 172 valence electrons. The van der Waals surface area contributed by atoms with Crippen molar-refractivity contribution >= 4 is 26.5 Å². The highest BCUT2D eigenvalue weighted by Crippen LogP contribution is 2.33. The van der Waals surface area contributed by atoms with Crippen molar-refractivity contribution in [2.75, 3.05) is 32.8 Å². The molecule has 2 aromatic heterocycles. The van der Waals surface area contributed by atoms with Gasteiger partial charge in [0.15, 0.2) is 17.3 Å². The van der Waals surface area contributed by atoms with E-state index >= 15 is 0 Å². The summed E-state index contributed by atoms with van der Waals surface area (Å²) in [4.78, 5) is 12.1. The zero-order chi connectivity index (χ0) is 23.6. The van der Waals surface area contributed by atoms with E-state index in [1.54, 1.807) is 30.3 Å². The average molecular weight is 472 g/mol. The first kappa shape index (κ1) is 22.6. The normalized spacial score (nSPS) is 11.6. The Balaban J connectivity index is 1.59. The van der Waals surface area contributed by atoms with Gasteiger partial charge in [0.1, 0.15) is 18.0 Å². The molecule has 0 bridgehead atoms. The second-order valence-corrected chi connectivity index (χ2v) is 10.0. The Hall–Kier alpha value is -3.57. The van der Waals surface area contributed by atoms with Crippen LogP contribution in [-0.2, 0) is 14.5 Å². The minimum absolute atomic E-state index is 0.0938. The highest BCUT2D eigenvalue weighted by atomic mass is 32.2. The van der Waals surface area contributed by atoms with E-state index < -0.39 is 21.5 Å². The highest BCUT2D eigenvalue weighted by molar-refractivity contribution is 7.92. The van der Waals surface area contributed by atoms with E-state index in [0.717, 1.165) is 0 Å². The highest BCUT2D eigenvalue weighted by Gasteiger charge is 2.18. The number of benzene rings is 2. The number of carbonyl (C=O) groups is 1. The maximum Gasteiger partial charge on any atom is 0.285 e. The number of aromatic nitrogens is 3. The molecule has 0 saturated heterocycles. The molecule has 1 amide bonds. The summed E-state index contributed by atoms with van der Waals surface area (Å²) in [6, 6.07) is 11.0. The quantitative estimate of drug-likeness (QED) is 0.405. The standard InChI is InChI=1S/C22H21FN4O5S/c1-30-8-9-31-19-12-18-15(10-16(19)23)21(25-24-18)20-11-17(26-32-20)13-4-6-14(7-5-13)22(28)27-33(2,3)29/h4-7,10-12H,8-9H2,1-3H3,(H,24,25). The van der Waals surface area contributed by atoms with Crippen LogP contribution in [0, 0.1) is 5.82 Å². The molecule has 0 aliphatic rings. The first-order valence-corrected chi connectivity index (χ1v) is 12.2. The van der Waals surface area contributed by atoms with Gasteiger partial charge in [-0.2, -0.15) is 9.46 Å². The number of carbonyl (C=O) groups excluding carboxylic acids is 1. The summed E-state index contributed by atoms with van der Waals surface area (Å²) in [5.41, 5.74) is 2.49. The van der Waals surface area contributed by atoms with Gasteiger partial charge in [-0.3, -0.25) is 9.89 Å². The number of nitrogens with zero attached hydrogens (tertiary/aromatic N) is 3. The molecule has 0 aliphatic carbocycles. The van der Waals surface area contributed by atoms with Crippen molar-refractivity contribution in [3.8, 4) is 28.5 Å². The third kappa shape index (κ3) is 5.10. The van der Waals surface area contributed by atoms with E-state index in [2.05, 4.69) is 19.7 Å². The molecule has 0 radical (unpaired) electrons. The summed E-state index contributed by atoms with van der Waals surface area (Å²) >= 11 is 0. The minimum Gasteiger partial charge on any atom is -0.488 e. The molecular formula is C22H21FN4O5S. The molecule has 1 N–H and O–H groups in total. The van der Waals surface area contributed by atoms with Crippen molar-refractivity contribution in [1.29, 1.82) is 0 Å². The van der Waals surface area contributed by atoms with Crippen molar-refractivity contribution in [2.24, 2.45) is 4.36 Å². The summed E-state index contributed by atoms with van der Waals surface area (Å²) in [5.74, 6) is -0.644. The molecule has 9 nitrogen and oxygen atoms in total. The largest absolute Gasteiger partial charge is 0.488 e. The van der Waals surface area contributed by atoms with Gasteiger partial charge in [0.05, 0.1) is 12.1 Å². The molecule has 0 fully saturated rings. The van der Waals surface area contributed by atoms with Gasteiger partial charge in [0.2, 0.25) is 0 Å². The number of hydrogen-bond donors (Lipinski definition) is 1. The number of amides is 1. The zero-order valence-corrected chi connectivity index (χ0v) is 18.9. The van der Waals surface area contributed by atoms with Crippen LogP contribution in [0.1, 0.15) is 10.4 Å². The molecule has 0 unspecified atom stereocenters. The van der Waals surface area contributed by atoms with Crippen LogP contribution < -0.4 is 4.74 Å². The minimum atomic E-state index is -2.54. The van der Waals surface area contributed by atoms with Gasteiger partial charge in [-0.1, -0.05) is 17.3 Å². The fourth-order valence-corrected chi connectivity index (χ4v) is 3.62. The van der Waals surface area contributed by atoms with Crippen molar-refractivity contribution in [2.45, 2.75) is 0 Å². The van der Waals surface area contributed by atoms with Crippen LogP contribution in [0.2, 0.25) is 0 Å². The van der Waals surface area contributed by atoms with Crippen molar-refractivity contribution in [1.82, 2.24) is 15.4 Å². The molecule has 0 saturated carbocycles. The number of halogens is 1. The van der Waals surface area contributed by atoms with Crippen LogP contribution >= 0.6 is 0 Å². The molecule has 2 heterocycles. The van der Waals surface area contributed by atoms with Gasteiger partial charge in [-0.25, -0.2) is 8.60 Å². The topological polar surface area (TPSA) is 120 Å². The Bertz CT molecular complexity index is 1430. The van der Waals surface area contributed by atoms with Gasteiger partial charge in [0.25, 0.3) is 5.91 Å². The van der Waals surface area contributed by atoms with Crippen LogP contribution in [0.25, 0.3) is 33.6 Å². The SMILES string of the molecule is COCCOc1cc2[nH]nc(-c3cc(-c4ccc(C(=O)N=S(C)(C)=O)cc4)no3)c2cc1F. The molecule has 4 aromatic rings. The number of aromatic amines is 1. The number of nitrogens with one attached hydrogen (secondary N) is 1. The van der Waals surface area contributed by atoms with Crippen LogP contribution in [0.4, 0.5) is 4.39 Å². The van der Waals surface area contributed by atoms with Gasteiger partial charge in [0, 0.05) is 58.0 Å². The van der Waals surface area contributed by atoms with Crippen LogP contribution in [0.3, 0.4) is 0 Å². The Morgan fingerprint density at radius 1 is 1.18 bits per heavy atom. The van der Waals surface area contributed by atoms with Gasteiger partial charge in [-0.15, -0.1) is 0 Å². The predicted octanol–water partition coefficient (Wildman–Crippen LogP) is 3.92. The Kier molecular flexibility index (Phi) is 6.25. The summed E-state index contributed by atoms with van der Waals surface area (Å²) in [6.07, 6.45) is 2.80. The summed E-state index contributed by atoms with van der Waals surface area (Å²) in [5, 5.41) is 11.6. The first-order valence-electron chi connectivity index (χ1n) is 9.83. The van der Waals surface area contributed by atoms with Gasteiger partial charge < -0.3 is 14.0 Å². The Morgan fingerprint density at radius 3 is 2.64 bits per heavy atom. The molecule has 2 aromatic carbocycles. The predicted molar refractivity (Wildman–Crippen MR) is 121 cm³/mol. The number of ether oxygens (including phenoxy) is 2. The number of methoxy groups -OCH3 is 1. The third-order valence-corrected chi connectivity index (χ3v) is 5.24. The van der Waals surface area contributed by atoms with Gasteiger partial charge in [-0.05, 0) is 18.2 Å². The smallest absolute Gasteiger partial charge is 0.285 e. The summed E-state index contributed by atoms with van der Waals surface area (Å²) < 4.78 is 45.6. The van der Waals surface area contributed by atoms with Crippen molar-refractivity contribution < 1.29 is 27.4 Å². The van der Waals surface area contributed by atoms with Crippen LogP contribution in [0.5, 0.6) is 5.75 Å². The third-order valence-electron chi connectivity index (χ3n) is 4.63. The molecule has 11 heteroatoms. The van der Waals surface area contributed by atoms with E-state index in [0.29, 0.717) is 45.8 Å². The molecule has 0 spiro atoms. The van der Waals surface area contributed by atoms with Crippen LogP contribution in [0.15, 0.2) is 51.4 Å². The average Bonchev–Trinajstić information content (AvgIpc) is 3.40. The molecule has 0 aliphatic heterocycles. The van der Waals surface area contributed by atoms with E-state index in [1.807, 2.05) is 0 Å². The number of rotatable bonds is 7. The van der Waals surface area contributed by atoms with E-state index in [-0.39, 0.29) is 12.4 Å². The first-order chi connectivity index (χ1) is 15.7. The fraction of sp³-hybridized carbons (Fsp3) is 0.227. The second kappa shape index (κ2) is 9.12. The van der Waals surface area contributed by atoms with E-state index in [4.69, 9.17) is 14.0 Å². The van der Waals surface area contributed by atoms with E-state index in [1.165, 1.54) is 31.8 Å². The lowest BCUT2D eigenvalue weighted by Gasteiger charge is -2.06. The molecule has 0 atom stereocenters. The lowest BCUT2D eigenvalue weighted by Crippen LogP contribution is -2.05. The number of H-pyrrole nitrogens is 1. The summed E-state index contributed by atoms with van der Waals surface area (Å²) in [7, 11) is -1.000. The Morgan fingerprint density at radius 2 is 1.94 bits per heavy atom. The van der Waals surface area contributed by atoms with Crippen molar-refractivity contribution in [3.63, 3.8) is 0 Å². The molecule has 4 rings (SSSR count). The fourth-order valence-electron chi connectivity index (χ4n) is 3.11. The molecular weight excluding hydrogens is 451 g/mol. The molecule has 33 heavy (non-hydrogen) atoms. The monoisotopic (exact) mass is 472 g/mol. The number of fused-ring (bicyclic) bond motifs is 1. The number of hydrogen-bond acceptors (Lipinski definition) is 7. The second-order valence-electron chi connectivity index (χ2n) is 7.47. The Labute approximate surface area is 189 Å². The summed E-state index contributed by atoms with van der Waals surface area (Å²) in [6.45, 7) is 0.563.